The highest BCUT2D eigenvalue weighted by molar-refractivity contribution is 5.92. The predicted molar refractivity (Wildman–Crippen MR) is 100 cm³/mol. The van der Waals surface area contributed by atoms with Gasteiger partial charge in [-0.3, -0.25) is 4.79 Å². The number of carbonyl (C=O) groups excluding carboxylic acids is 2. The van der Waals surface area contributed by atoms with Crippen LogP contribution in [-0.2, 0) is 16.0 Å². The summed E-state index contributed by atoms with van der Waals surface area (Å²) in [7, 11) is 0. The molecule has 3 rings (SSSR count). The van der Waals surface area contributed by atoms with Crippen molar-refractivity contribution in [1.82, 2.24) is 5.32 Å². The number of ether oxygens (including phenoxy) is 3. The van der Waals surface area contributed by atoms with Crippen LogP contribution in [0.5, 0.6) is 11.5 Å². The Labute approximate surface area is 158 Å². The molecule has 0 saturated heterocycles. The van der Waals surface area contributed by atoms with E-state index in [0.717, 1.165) is 12.8 Å². The SMILES string of the molecule is C[C@@H](CCc1ccccc1)NC(=O)COC(=O)c1ccc2c(c1)OCCO2. The standard InChI is InChI=1S/C21H23NO5/c1-15(7-8-16-5-3-2-4-6-16)22-20(23)14-27-21(24)17-9-10-18-19(13-17)26-12-11-25-18/h2-6,9-10,13,15H,7-8,11-12,14H2,1H3,(H,22,23)/t15-/m0/s1. The minimum Gasteiger partial charge on any atom is -0.486 e. The van der Waals surface area contributed by atoms with Crippen LogP contribution in [0.1, 0.15) is 29.3 Å². The van der Waals surface area contributed by atoms with Crippen molar-refractivity contribution in [3.63, 3.8) is 0 Å². The number of aryl methyl sites for hydroxylation is 1. The van der Waals surface area contributed by atoms with Crippen molar-refractivity contribution in [3.05, 3.63) is 59.7 Å². The van der Waals surface area contributed by atoms with E-state index in [1.54, 1.807) is 18.2 Å². The second-order valence-electron chi connectivity index (χ2n) is 6.43. The fourth-order valence-electron chi connectivity index (χ4n) is 2.80. The van der Waals surface area contributed by atoms with Crippen LogP contribution in [0, 0.1) is 0 Å². The molecule has 0 saturated carbocycles. The summed E-state index contributed by atoms with van der Waals surface area (Å²) in [5, 5.41) is 2.85. The van der Waals surface area contributed by atoms with Crippen LogP contribution in [0.25, 0.3) is 0 Å². The Balaban J connectivity index is 1.42. The van der Waals surface area contributed by atoms with Gasteiger partial charge in [0.25, 0.3) is 5.91 Å². The fourth-order valence-corrected chi connectivity index (χ4v) is 2.80. The van der Waals surface area contributed by atoms with Gasteiger partial charge >= 0.3 is 5.97 Å². The molecule has 6 nitrogen and oxygen atoms in total. The fraction of sp³-hybridized carbons (Fsp3) is 0.333. The smallest absolute Gasteiger partial charge is 0.338 e. The Morgan fingerprint density at radius 3 is 2.59 bits per heavy atom. The van der Waals surface area contributed by atoms with Gasteiger partial charge in [0, 0.05) is 6.04 Å². The average Bonchev–Trinajstić information content (AvgIpc) is 2.71. The lowest BCUT2D eigenvalue weighted by Gasteiger charge is -2.18. The number of amides is 1. The molecule has 1 aliphatic rings. The summed E-state index contributed by atoms with van der Waals surface area (Å²) < 4.78 is 16.0. The summed E-state index contributed by atoms with van der Waals surface area (Å²) in [6.45, 7) is 2.54. The van der Waals surface area contributed by atoms with Crippen molar-refractivity contribution in [2.75, 3.05) is 19.8 Å². The number of nitrogens with one attached hydrogen (secondary N) is 1. The summed E-state index contributed by atoms with van der Waals surface area (Å²) in [6.07, 6.45) is 1.69. The highest BCUT2D eigenvalue weighted by atomic mass is 16.6. The molecule has 0 bridgehead atoms. The molecule has 0 spiro atoms. The molecule has 27 heavy (non-hydrogen) atoms. The molecule has 142 valence electrons. The first-order chi connectivity index (χ1) is 13.1. The second kappa shape index (κ2) is 9.07. The number of hydrogen-bond acceptors (Lipinski definition) is 5. The lowest BCUT2D eigenvalue weighted by atomic mass is 10.1. The van der Waals surface area contributed by atoms with Gasteiger partial charge in [-0.15, -0.1) is 0 Å². The number of fused-ring (bicyclic) bond motifs is 1. The van der Waals surface area contributed by atoms with Crippen LogP contribution in [0.3, 0.4) is 0 Å². The van der Waals surface area contributed by atoms with Gasteiger partial charge < -0.3 is 19.5 Å². The molecule has 0 aromatic heterocycles. The Morgan fingerprint density at radius 1 is 1.07 bits per heavy atom. The Kier molecular flexibility index (Phi) is 6.30. The summed E-state index contributed by atoms with van der Waals surface area (Å²) in [5.74, 6) is 0.220. The van der Waals surface area contributed by atoms with Gasteiger partial charge in [0.2, 0.25) is 0 Å². The number of esters is 1. The van der Waals surface area contributed by atoms with E-state index in [4.69, 9.17) is 14.2 Å². The van der Waals surface area contributed by atoms with Crippen LogP contribution in [0.2, 0.25) is 0 Å². The molecular weight excluding hydrogens is 346 g/mol. The maximum atomic E-state index is 12.1. The number of benzene rings is 2. The van der Waals surface area contributed by atoms with Gasteiger partial charge in [0.1, 0.15) is 13.2 Å². The third kappa shape index (κ3) is 5.48. The summed E-state index contributed by atoms with van der Waals surface area (Å²) in [6, 6.07) is 14.9. The predicted octanol–water partition coefficient (Wildman–Crippen LogP) is 2.75. The topological polar surface area (TPSA) is 73.9 Å². The van der Waals surface area contributed by atoms with Gasteiger partial charge in [0.05, 0.1) is 5.56 Å². The zero-order valence-electron chi connectivity index (χ0n) is 15.3. The van der Waals surface area contributed by atoms with Crippen LogP contribution in [0.4, 0.5) is 0 Å². The van der Waals surface area contributed by atoms with Gasteiger partial charge in [-0.05, 0) is 43.5 Å². The molecule has 1 atom stereocenters. The van der Waals surface area contributed by atoms with Crippen LogP contribution in [0.15, 0.2) is 48.5 Å². The lowest BCUT2D eigenvalue weighted by molar-refractivity contribution is -0.124. The van der Waals surface area contributed by atoms with E-state index in [0.29, 0.717) is 30.3 Å². The normalized spacial score (nSPS) is 13.5. The largest absolute Gasteiger partial charge is 0.486 e. The zero-order valence-corrected chi connectivity index (χ0v) is 15.3. The van der Waals surface area contributed by atoms with Gasteiger partial charge in [-0.1, -0.05) is 30.3 Å². The molecule has 1 N–H and O–H groups in total. The van der Waals surface area contributed by atoms with E-state index in [1.165, 1.54) is 5.56 Å². The Hall–Kier alpha value is -3.02. The van der Waals surface area contributed by atoms with E-state index in [9.17, 15) is 9.59 Å². The molecule has 2 aromatic rings. The summed E-state index contributed by atoms with van der Waals surface area (Å²) in [5.41, 5.74) is 1.55. The van der Waals surface area contributed by atoms with Crippen molar-refractivity contribution in [3.8, 4) is 11.5 Å². The first-order valence-corrected chi connectivity index (χ1v) is 9.02. The third-order valence-corrected chi connectivity index (χ3v) is 4.23. The van der Waals surface area contributed by atoms with Crippen LogP contribution >= 0.6 is 0 Å². The Morgan fingerprint density at radius 2 is 1.81 bits per heavy atom. The molecule has 0 aliphatic carbocycles. The van der Waals surface area contributed by atoms with E-state index >= 15 is 0 Å². The summed E-state index contributed by atoms with van der Waals surface area (Å²) >= 11 is 0. The molecule has 0 fully saturated rings. The minimum atomic E-state index is -0.570. The molecule has 1 aliphatic heterocycles. The van der Waals surface area contributed by atoms with Crippen molar-refractivity contribution >= 4 is 11.9 Å². The molecule has 1 amide bonds. The highest BCUT2D eigenvalue weighted by Crippen LogP contribution is 2.30. The van der Waals surface area contributed by atoms with Crippen molar-refractivity contribution in [1.29, 1.82) is 0 Å². The van der Waals surface area contributed by atoms with E-state index in [-0.39, 0.29) is 18.6 Å². The zero-order chi connectivity index (χ0) is 19.1. The van der Waals surface area contributed by atoms with Crippen molar-refractivity contribution in [2.45, 2.75) is 25.8 Å². The molecular formula is C21H23NO5. The van der Waals surface area contributed by atoms with E-state index in [1.807, 2.05) is 25.1 Å². The third-order valence-electron chi connectivity index (χ3n) is 4.23. The summed E-state index contributed by atoms with van der Waals surface area (Å²) in [4.78, 5) is 24.1. The average molecular weight is 369 g/mol. The van der Waals surface area contributed by atoms with Crippen molar-refractivity contribution in [2.24, 2.45) is 0 Å². The van der Waals surface area contributed by atoms with Gasteiger partial charge in [0.15, 0.2) is 18.1 Å². The lowest BCUT2D eigenvalue weighted by Crippen LogP contribution is -2.36. The highest BCUT2D eigenvalue weighted by Gasteiger charge is 2.17. The first kappa shape index (κ1) is 18.8. The monoisotopic (exact) mass is 369 g/mol. The molecule has 2 aromatic carbocycles. The maximum absolute atomic E-state index is 12.1. The molecule has 0 unspecified atom stereocenters. The van der Waals surface area contributed by atoms with Crippen molar-refractivity contribution < 1.29 is 23.8 Å². The number of carbonyl (C=O) groups is 2. The second-order valence-corrected chi connectivity index (χ2v) is 6.43. The maximum Gasteiger partial charge on any atom is 0.338 e. The van der Waals surface area contributed by atoms with E-state index < -0.39 is 5.97 Å². The first-order valence-electron chi connectivity index (χ1n) is 9.02. The Bertz CT molecular complexity index is 790. The van der Waals surface area contributed by atoms with Gasteiger partial charge in [-0.2, -0.15) is 0 Å². The molecule has 6 heteroatoms. The van der Waals surface area contributed by atoms with E-state index in [2.05, 4.69) is 17.4 Å². The number of hydrogen-bond donors (Lipinski definition) is 1. The molecule has 1 heterocycles. The number of rotatable bonds is 7. The van der Waals surface area contributed by atoms with Crippen LogP contribution < -0.4 is 14.8 Å². The van der Waals surface area contributed by atoms with Crippen LogP contribution in [-0.4, -0.2) is 37.7 Å². The minimum absolute atomic E-state index is 0.00861. The van der Waals surface area contributed by atoms with Gasteiger partial charge in [-0.25, -0.2) is 4.79 Å². The quantitative estimate of drug-likeness (QED) is 0.760. The molecule has 0 radical (unpaired) electrons.